The molecule has 0 amide bonds. The number of anilines is 4. The molecule has 4 N–H and O–H groups in total. The first-order valence-electron chi connectivity index (χ1n) is 12.5. The van der Waals surface area contributed by atoms with E-state index >= 15 is 0 Å². The van der Waals surface area contributed by atoms with Crippen molar-refractivity contribution >= 4 is 28.7 Å². The van der Waals surface area contributed by atoms with Crippen molar-refractivity contribution in [3.05, 3.63) is 70.8 Å². The molecule has 8 nitrogen and oxygen atoms in total. The highest BCUT2D eigenvalue weighted by atomic mass is 16.7. The lowest BCUT2D eigenvalue weighted by atomic mass is 9.99. The molecule has 5 atom stereocenters. The van der Waals surface area contributed by atoms with Crippen LogP contribution in [0.4, 0.5) is 22.7 Å². The molecule has 0 radical (unpaired) electrons. The standard InChI is InChI=1S/C29H36N2O6/c1-16(2)12-13-19-8-6-10-21-23(19)30-24-20(9-7-11-22(24)31(21)15-14-17(3)4)28(35)37-29-27(34)26(33)25(32)18(5)36-29/h6-12,14,18,25-27,29-30,32-34H,13,15H2,1-5H3/t18-,25+,26-,27+,29+/m0/s1. The minimum absolute atomic E-state index is 0.270. The fourth-order valence-corrected chi connectivity index (χ4v) is 4.51. The van der Waals surface area contributed by atoms with Crippen LogP contribution in [0.5, 0.6) is 0 Å². The van der Waals surface area contributed by atoms with E-state index in [1.807, 2.05) is 26.0 Å². The summed E-state index contributed by atoms with van der Waals surface area (Å²) in [5, 5.41) is 33.9. The van der Waals surface area contributed by atoms with Crippen LogP contribution < -0.4 is 10.2 Å². The fraction of sp³-hybridized carbons (Fsp3) is 0.414. The Labute approximate surface area is 217 Å². The SMILES string of the molecule is CC(C)=CCc1cccc2c1Nc1c(C(=O)O[C@H]3O[C@@H](C)[C@@H](O)[C@H](O)[C@H]3O)cccc1N2CC=C(C)C. The molecule has 0 aliphatic carbocycles. The van der Waals surface area contributed by atoms with E-state index in [4.69, 9.17) is 9.47 Å². The van der Waals surface area contributed by atoms with Gasteiger partial charge < -0.3 is 35.0 Å². The Morgan fingerprint density at radius 1 is 0.946 bits per heavy atom. The van der Waals surface area contributed by atoms with Crippen LogP contribution in [0.15, 0.2) is 59.7 Å². The van der Waals surface area contributed by atoms with E-state index < -0.39 is 36.7 Å². The third-order valence-corrected chi connectivity index (χ3v) is 6.67. The Morgan fingerprint density at radius 2 is 1.59 bits per heavy atom. The summed E-state index contributed by atoms with van der Waals surface area (Å²) in [7, 11) is 0. The van der Waals surface area contributed by atoms with Crippen molar-refractivity contribution in [2.24, 2.45) is 0 Å². The number of fused-ring (bicyclic) bond motifs is 2. The van der Waals surface area contributed by atoms with Crippen LogP contribution in [-0.2, 0) is 15.9 Å². The highest BCUT2D eigenvalue weighted by molar-refractivity contribution is 6.05. The van der Waals surface area contributed by atoms with Gasteiger partial charge in [0.1, 0.15) is 18.3 Å². The molecule has 2 aromatic rings. The largest absolute Gasteiger partial charge is 0.429 e. The molecule has 0 saturated carbocycles. The van der Waals surface area contributed by atoms with Crippen molar-refractivity contribution in [2.45, 2.75) is 71.7 Å². The summed E-state index contributed by atoms with van der Waals surface area (Å²) >= 11 is 0. The number of hydrogen-bond acceptors (Lipinski definition) is 8. The van der Waals surface area contributed by atoms with Crippen molar-refractivity contribution in [1.82, 2.24) is 0 Å². The van der Waals surface area contributed by atoms with Gasteiger partial charge in [0.05, 0.1) is 34.4 Å². The van der Waals surface area contributed by atoms with Crippen molar-refractivity contribution in [2.75, 3.05) is 16.8 Å². The number of allylic oxidation sites excluding steroid dienone is 3. The number of nitrogens with one attached hydrogen (secondary N) is 1. The Hall–Kier alpha value is -3.17. The molecular formula is C29H36N2O6. The Balaban J connectivity index is 1.73. The van der Waals surface area contributed by atoms with Crippen molar-refractivity contribution in [3.63, 3.8) is 0 Å². The number of nitrogens with zero attached hydrogens (tertiary/aromatic N) is 1. The molecule has 4 rings (SSSR count). The third kappa shape index (κ3) is 5.57. The highest BCUT2D eigenvalue weighted by Crippen LogP contribution is 2.47. The summed E-state index contributed by atoms with van der Waals surface area (Å²) in [4.78, 5) is 15.5. The molecule has 0 spiro atoms. The number of ether oxygens (including phenoxy) is 2. The van der Waals surface area contributed by atoms with Gasteiger partial charge in [0.2, 0.25) is 6.29 Å². The smallest absolute Gasteiger partial charge is 0.342 e. The van der Waals surface area contributed by atoms with Crippen LogP contribution in [0.2, 0.25) is 0 Å². The van der Waals surface area contributed by atoms with E-state index in [0.29, 0.717) is 12.2 Å². The number of rotatable bonds is 6. The monoisotopic (exact) mass is 508 g/mol. The first kappa shape index (κ1) is 26.9. The van der Waals surface area contributed by atoms with Gasteiger partial charge in [0.15, 0.2) is 0 Å². The van der Waals surface area contributed by atoms with Crippen molar-refractivity contribution in [3.8, 4) is 0 Å². The molecule has 0 aromatic heterocycles. The van der Waals surface area contributed by atoms with E-state index in [1.54, 1.807) is 19.1 Å². The van der Waals surface area contributed by atoms with E-state index in [9.17, 15) is 20.1 Å². The maximum Gasteiger partial charge on any atom is 0.342 e. The molecule has 0 unspecified atom stereocenters. The van der Waals surface area contributed by atoms with Gasteiger partial charge >= 0.3 is 5.97 Å². The number of carbonyl (C=O) groups excluding carboxylic acids is 1. The summed E-state index contributed by atoms with van der Waals surface area (Å²) in [6.07, 6.45) is -1.55. The minimum Gasteiger partial charge on any atom is -0.429 e. The molecule has 1 fully saturated rings. The van der Waals surface area contributed by atoms with E-state index in [-0.39, 0.29) is 5.56 Å². The highest BCUT2D eigenvalue weighted by Gasteiger charge is 2.44. The lowest BCUT2D eigenvalue weighted by Gasteiger charge is -2.39. The van der Waals surface area contributed by atoms with Crippen LogP contribution in [0, 0.1) is 0 Å². The molecule has 2 heterocycles. The minimum atomic E-state index is -1.58. The van der Waals surface area contributed by atoms with Gasteiger partial charge in [-0.2, -0.15) is 0 Å². The molecule has 37 heavy (non-hydrogen) atoms. The van der Waals surface area contributed by atoms with Gasteiger partial charge in [0, 0.05) is 6.54 Å². The van der Waals surface area contributed by atoms with Gasteiger partial charge in [-0.1, -0.05) is 41.5 Å². The van der Waals surface area contributed by atoms with Gasteiger partial charge in [-0.15, -0.1) is 0 Å². The summed E-state index contributed by atoms with van der Waals surface area (Å²) in [6.45, 7) is 10.4. The predicted molar refractivity (Wildman–Crippen MR) is 144 cm³/mol. The van der Waals surface area contributed by atoms with Gasteiger partial charge in [-0.25, -0.2) is 4.79 Å². The second kappa shape index (κ2) is 11.1. The molecular weight excluding hydrogens is 472 g/mol. The zero-order valence-electron chi connectivity index (χ0n) is 21.9. The average Bonchev–Trinajstić information content (AvgIpc) is 2.86. The van der Waals surface area contributed by atoms with Gasteiger partial charge in [0.25, 0.3) is 0 Å². The van der Waals surface area contributed by atoms with Gasteiger partial charge in [-0.05, 0) is 64.8 Å². The quantitative estimate of drug-likeness (QED) is 0.337. The topological polar surface area (TPSA) is 111 Å². The van der Waals surface area contributed by atoms with E-state index in [1.165, 1.54) is 11.1 Å². The van der Waals surface area contributed by atoms with E-state index in [2.05, 4.69) is 48.3 Å². The number of aliphatic hydroxyl groups excluding tert-OH is 3. The first-order valence-corrected chi connectivity index (χ1v) is 12.5. The molecule has 2 aliphatic rings. The third-order valence-electron chi connectivity index (χ3n) is 6.67. The Bertz CT molecular complexity index is 1210. The van der Waals surface area contributed by atoms with Crippen molar-refractivity contribution in [1.29, 1.82) is 0 Å². The summed E-state index contributed by atoms with van der Waals surface area (Å²) < 4.78 is 11.0. The number of aliphatic hydroxyl groups is 3. The van der Waals surface area contributed by atoms with Crippen LogP contribution in [0.25, 0.3) is 0 Å². The number of esters is 1. The molecule has 198 valence electrons. The van der Waals surface area contributed by atoms with Crippen LogP contribution >= 0.6 is 0 Å². The number of carbonyl (C=O) groups is 1. The zero-order chi connectivity index (χ0) is 26.9. The Kier molecular flexibility index (Phi) is 8.04. The average molecular weight is 509 g/mol. The summed E-state index contributed by atoms with van der Waals surface area (Å²) in [6, 6.07) is 11.5. The summed E-state index contributed by atoms with van der Waals surface area (Å²) in [5.74, 6) is -0.711. The Morgan fingerprint density at radius 3 is 2.27 bits per heavy atom. The lowest BCUT2D eigenvalue weighted by molar-refractivity contribution is -0.276. The number of benzene rings is 2. The molecule has 8 heteroatoms. The molecule has 2 aromatic carbocycles. The van der Waals surface area contributed by atoms with Gasteiger partial charge in [-0.3, -0.25) is 0 Å². The maximum absolute atomic E-state index is 13.4. The lowest BCUT2D eigenvalue weighted by Crippen LogP contribution is -2.57. The predicted octanol–water partition coefficient (Wildman–Crippen LogP) is 4.34. The van der Waals surface area contributed by atoms with E-state index in [0.717, 1.165) is 29.0 Å². The molecule has 0 bridgehead atoms. The summed E-state index contributed by atoms with van der Waals surface area (Å²) in [5.41, 5.74) is 7.07. The van der Waals surface area contributed by atoms with Crippen molar-refractivity contribution < 1.29 is 29.6 Å². The maximum atomic E-state index is 13.4. The zero-order valence-corrected chi connectivity index (χ0v) is 21.9. The first-order chi connectivity index (χ1) is 17.6. The normalized spacial score (nSPS) is 24.3. The second-order valence-corrected chi connectivity index (χ2v) is 10.1. The number of para-hydroxylation sites is 2. The van der Waals surface area contributed by atoms with Crippen LogP contribution in [0.3, 0.4) is 0 Å². The van der Waals surface area contributed by atoms with Crippen LogP contribution in [-0.4, -0.2) is 58.5 Å². The molecule has 1 saturated heterocycles. The molecule has 2 aliphatic heterocycles. The van der Waals surface area contributed by atoms with Crippen LogP contribution in [0.1, 0.15) is 50.5 Å². The fourth-order valence-electron chi connectivity index (χ4n) is 4.51. The number of hydrogen-bond donors (Lipinski definition) is 4. The second-order valence-electron chi connectivity index (χ2n) is 10.1.